The highest BCUT2D eigenvalue weighted by molar-refractivity contribution is 6.04. The fourth-order valence-electron chi connectivity index (χ4n) is 3.82. The summed E-state index contributed by atoms with van der Waals surface area (Å²) in [4.78, 5) is 17.7. The van der Waals surface area contributed by atoms with Gasteiger partial charge in [0.05, 0.1) is 12.7 Å². The van der Waals surface area contributed by atoms with Crippen LogP contribution in [0.15, 0.2) is 54.7 Å². The number of carbonyl (C=O) groups excluding carboxylic acids is 1. The first-order valence-electron chi connectivity index (χ1n) is 10.1. The average molecular weight is 393 g/mol. The molecule has 1 amide bonds. The lowest BCUT2D eigenvalue weighted by Gasteiger charge is -2.37. The summed E-state index contributed by atoms with van der Waals surface area (Å²) in [5, 5.41) is 2.96. The van der Waals surface area contributed by atoms with Gasteiger partial charge in [-0.15, -0.1) is 0 Å². The minimum Gasteiger partial charge on any atom is -0.497 e. The smallest absolute Gasteiger partial charge is 0.257 e. The zero-order chi connectivity index (χ0) is 20.4. The molecule has 0 aliphatic carbocycles. The molecule has 6 heteroatoms. The van der Waals surface area contributed by atoms with E-state index in [0.717, 1.165) is 49.0 Å². The van der Waals surface area contributed by atoms with Crippen molar-refractivity contribution in [1.29, 1.82) is 0 Å². The third kappa shape index (κ3) is 4.07. The number of pyridine rings is 1. The molecular formula is C23H28N4O2. The van der Waals surface area contributed by atoms with Gasteiger partial charge < -0.3 is 19.4 Å². The van der Waals surface area contributed by atoms with E-state index in [1.165, 1.54) is 0 Å². The number of benzene rings is 1. The molecule has 1 N–H and O–H groups in total. The number of rotatable bonds is 5. The summed E-state index contributed by atoms with van der Waals surface area (Å²) in [7, 11) is 1.63. The van der Waals surface area contributed by atoms with E-state index in [-0.39, 0.29) is 5.91 Å². The fourth-order valence-corrected chi connectivity index (χ4v) is 3.82. The molecule has 0 atom stereocenters. The van der Waals surface area contributed by atoms with Crippen molar-refractivity contribution >= 4 is 22.9 Å². The van der Waals surface area contributed by atoms with Gasteiger partial charge in [-0.1, -0.05) is 0 Å². The molecule has 1 fully saturated rings. The zero-order valence-electron chi connectivity index (χ0n) is 17.3. The average Bonchev–Trinajstić information content (AvgIpc) is 3.17. The topological polar surface area (TPSA) is 49.2 Å². The van der Waals surface area contributed by atoms with Gasteiger partial charge in [-0.05, 0) is 62.4 Å². The van der Waals surface area contributed by atoms with Gasteiger partial charge >= 0.3 is 0 Å². The molecule has 6 nitrogen and oxygen atoms in total. The molecule has 1 aliphatic rings. The molecule has 1 saturated heterocycles. The summed E-state index contributed by atoms with van der Waals surface area (Å²) in [5.41, 5.74) is 2.47. The lowest BCUT2D eigenvalue weighted by atomic mass is 10.2. The molecule has 3 heterocycles. The van der Waals surface area contributed by atoms with Crippen LogP contribution in [0, 0.1) is 0 Å². The van der Waals surface area contributed by atoms with Crippen LogP contribution in [0.2, 0.25) is 0 Å². The molecule has 4 rings (SSSR count). The highest BCUT2D eigenvalue weighted by atomic mass is 16.5. The Labute approximate surface area is 171 Å². The van der Waals surface area contributed by atoms with E-state index in [2.05, 4.69) is 45.5 Å². The molecular weight excluding hydrogens is 364 g/mol. The van der Waals surface area contributed by atoms with Crippen molar-refractivity contribution in [3.63, 3.8) is 0 Å². The van der Waals surface area contributed by atoms with Gasteiger partial charge in [0.1, 0.15) is 11.6 Å². The Morgan fingerprint density at radius 1 is 0.966 bits per heavy atom. The number of hydrogen-bond donors (Lipinski definition) is 1. The van der Waals surface area contributed by atoms with E-state index in [1.54, 1.807) is 7.11 Å². The normalized spacial score (nSPS) is 15.1. The quantitative estimate of drug-likeness (QED) is 0.719. The Bertz CT molecular complexity index is 986. The highest BCUT2D eigenvalue weighted by Gasteiger charge is 2.21. The third-order valence-electron chi connectivity index (χ3n) is 5.61. The van der Waals surface area contributed by atoms with Crippen LogP contribution in [-0.2, 0) is 0 Å². The van der Waals surface area contributed by atoms with E-state index < -0.39 is 0 Å². The van der Waals surface area contributed by atoms with Gasteiger partial charge in [-0.3, -0.25) is 9.69 Å². The second kappa shape index (κ2) is 8.17. The third-order valence-corrected chi connectivity index (χ3v) is 5.61. The molecule has 152 valence electrons. The molecule has 0 spiro atoms. The van der Waals surface area contributed by atoms with Crippen molar-refractivity contribution in [3.8, 4) is 5.75 Å². The molecule has 29 heavy (non-hydrogen) atoms. The number of piperazine rings is 1. The Balaban J connectivity index is 1.52. The van der Waals surface area contributed by atoms with Crippen molar-refractivity contribution < 1.29 is 9.53 Å². The highest BCUT2D eigenvalue weighted by Crippen LogP contribution is 2.23. The predicted molar refractivity (Wildman–Crippen MR) is 117 cm³/mol. The molecule has 0 saturated carbocycles. The first-order valence-corrected chi connectivity index (χ1v) is 10.1. The van der Waals surface area contributed by atoms with E-state index >= 15 is 0 Å². The van der Waals surface area contributed by atoms with Crippen LogP contribution in [0.25, 0.3) is 5.52 Å². The first-order chi connectivity index (χ1) is 14.0. The number of carbonyl (C=O) groups is 1. The lowest BCUT2D eigenvalue weighted by Crippen LogP contribution is -2.49. The van der Waals surface area contributed by atoms with Crippen LogP contribution in [0.5, 0.6) is 5.75 Å². The number of fused-ring (bicyclic) bond motifs is 1. The SMILES string of the molecule is COc1ccc(NC(=O)c2ccc3ccc(N4CCN(C(C)C)CC4)n3c2)cc1. The number of amides is 1. The number of nitrogens with zero attached hydrogens (tertiary/aromatic N) is 3. The maximum Gasteiger partial charge on any atom is 0.257 e. The number of nitrogens with one attached hydrogen (secondary N) is 1. The number of anilines is 2. The summed E-state index contributed by atoms with van der Waals surface area (Å²) in [5.74, 6) is 1.78. The van der Waals surface area contributed by atoms with Crippen LogP contribution in [-0.4, -0.2) is 54.5 Å². The lowest BCUT2D eigenvalue weighted by molar-refractivity contribution is 0.102. The monoisotopic (exact) mass is 392 g/mol. The summed E-state index contributed by atoms with van der Waals surface area (Å²) < 4.78 is 7.28. The van der Waals surface area contributed by atoms with Gasteiger partial charge in [-0.2, -0.15) is 0 Å². The number of aromatic nitrogens is 1. The van der Waals surface area contributed by atoms with Crippen LogP contribution in [0.1, 0.15) is 24.2 Å². The maximum absolute atomic E-state index is 12.8. The molecule has 2 aromatic heterocycles. The van der Waals surface area contributed by atoms with Crippen LogP contribution >= 0.6 is 0 Å². The minimum atomic E-state index is -0.124. The van der Waals surface area contributed by atoms with Gasteiger partial charge in [-0.25, -0.2) is 0 Å². The van der Waals surface area contributed by atoms with Crippen LogP contribution < -0.4 is 15.0 Å². The van der Waals surface area contributed by atoms with E-state index in [1.807, 2.05) is 42.6 Å². The van der Waals surface area contributed by atoms with Gasteiger partial charge in [0.25, 0.3) is 5.91 Å². The number of ether oxygens (including phenoxy) is 1. The van der Waals surface area contributed by atoms with Crippen molar-refractivity contribution in [3.05, 3.63) is 60.3 Å². The number of methoxy groups -OCH3 is 1. The van der Waals surface area contributed by atoms with Crippen LogP contribution in [0.4, 0.5) is 11.5 Å². The minimum absolute atomic E-state index is 0.124. The molecule has 1 aromatic carbocycles. The Morgan fingerprint density at radius 2 is 1.66 bits per heavy atom. The van der Waals surface area contributed by atoms with Crippen LogP contribution in [0.3, 0.4) is 0 Å². The second-order valence-electron chi connectivity index (χ2n) is 7.70. The first kappa shape index (κ1) is 19.3. The van der Waals surface area contributed by atoms with Gasteiger partial charge in [0, 0.05) is 49.6 Å². The molecule has 0 bridgehead atoms. The number of hydrogen-bond acceptors (Lipinski definition) is 4. The molecule has 0 radical (unpaired) electrons. The van der Waals surface area contributed by atoms with Crippen molar-refractivity contribution in [2.75, 3.05) is 43.5 Å². The van der Waals surface area contributed by atoms with Crippen molar-refractivity contribution in [2.24, 2.45) is 0 Å². The van der Waals surface area contributed by atoms with Crippen molar-refractivity contribution in [1.82, 2.24) is 9.30 Å². The predicted octanol–water partition coefficient (Wildman–Crippen LogP) is 3.73. The Hall–Kier alpha value is -2.99. The summed E-state index contributed by atoms with van der Waals surface area (Å²) in [6.45, 7) is 8.59. The molecule has 1 aliphatic heterocycles. The Kier molecular flexibility index (Phi) is 5.45. The summed E-state index contributed by atoms with van der Waals surface area (Å²) in [6.07, 6.45) is 1.93. The van der Waals surface area contributed by atoms with E-state index in [0.29, 0.717) is 11.6 Å². The maximum atomic E-state index is 12.8. The molecule has 0 unspecified atom stereocenters. The van der Waals surface area contributed by atoms with Crippen molar-refractivity contribution in [2.45, 2.75) is 19.9 Å². The summed E-state index contributed by atoms with van der Waals surface area (Å²) in [6, 6.07) is 16.0. The fraction of sp³-hybridized carbons (Fsp3) is 0.348. The van der Waals surface area contributed by atoms with Gasteiger partial charge in [0.2, 0.25) is 0 Å². The van der Waals surface area contributed by atoms with Gasteiger partial charge in [0.15, 0.2) is 0 Å². The van der Waals surface area contributed by atoms with E-state index in [4.69, 9.17) is 4.74 Å². The standard InChI is InChI=1S/C23H28N4O2/c1-17(2)25-12-14-26(15-13-25)22-11-8-20-7-4-18(16-27(20)22)23(28)24-19-5-9-21(29-3)10-6-19/h4-11,16-17H,12-15H2,1-3H3,(H,24,28). The Morgan fingerprint density at radius 3 is 2.31 bits per heavy atom. The largest absolute Gasteiger partial charge is 0.497 e. The second-order valence-corrected chi connectivity index (χ2v) is 7.70. The zero-order valence-corrected chi connectivity index (χ0v) is 17.3. The molecule has 3 aromatic rings. The summed E-state index contributed by atoms with van der Waals surface area (Å²) >= 11 is 0. The van der Waals surface area contributed by atoms with E-state index in [9.17, 15) is 4.79 Å².